The standard InChI is InChI=1S/C13H20ClNO5/c1-4-5-6-9(2)12(17)19-8-10(3)20-13(18)15-11(16)7-14/h10H,2,4-8H2,1,3H3,(H,15,16,18). The number of carbonyl (C=O) groups is 3. The van der Waals surface area contributed by atoms with Gasteiger partial charge in [-0.1, -0.05) is 19.9 Å². The van der Waals surface area contributed by atoms with E-state index in [1.54, 1.807) is 0 Å². The van der Waals surface area contributed by atoms with Gasteiger partial charge in [-0.25, -0.2) is 9.59 Å². The lowest BCUT2D eigenvalue weighted by Gasteiger charge is -2.14. The molecule has 7 heteroatoms. The average Bonchev–Trinajstić information content (AvgIpc) is 2.41. The van der Waals surface area contributed by atoms with E-state index in [0.29, 0.717) is 12.0 Å². The van der Waals surface area contributed by atoms with Crippen molar-refractivity contribution in [3.05, 3.63) is 12.2 Å². The summed E-state index contributed by atoms with van der Waals surface area (Å²) < 4.78 is 9.74. The molecule has 114 valence electrons. The Balaban J connectivity index is 3.95. The first kappa shape index (κ1) is 18.4. The second-order valence-corrected chi connectivity index (χ2v) is 4.47. The number of nitrogens with one attached hydrogen (secondary N) is 1. The lowest BCUT2D eigenvalue weighted by Crippen LogP contribution is -2.35. The average molecular weight is 306 g/mol. The molecule has 0 saturated heterocycles. The van der Waals surface area contributed by atoms with E-state index in [1.165, 1.54) is 6.92 Å². The van der Waals surface area contributed by atoms with Gasteiger partial charge in [0.15, 0.2) is 0 Å². The molecule has 1 N–H and O–H groups in total. The Morgan fingerprint density at radius 3 is 2.55 bits per heavy atom. The van der Waals surface area contributed by atoms with Crippen molar-refractivity contribution in [2.75, 3.05) is 12.5 Å². The molecule has 0 heterocycles. The summed E-state index contributed by atoms with van der Waals surface area (Å²) >= 11 is 5.21. The molecule has 0 fully saturated rings. The van der Waals surface area contributed by atoms with Gasteiger partial charge in [0, 0.05) is 5.57 Å². The lowest BCUT2D eigenvalue weighted by atomic mass is 10.1. The third kappa shape index (κ3) is 8.53. The summed E-state index contributed by atoms with van der Waals surface area (Å²) in [6, 6.07) is 0. The number of esters is 1. The van der Waals surface area contributed by atoms with Crippen molar-refractivity contribution in [1.29, 1.82) is 0 Å². The number of alkyl carbamates (subject to hydrolysis) is 1. The molecule has 0 aliphatic carbocycles. The van der Waals surface area contributed by atoms with Crippen LogP contribution in [0.3, 0.4) is 0 Å². The predicted molar refractivity (Wildman–Crippen MR) is 74.4 cm³/mol. The molecule has 1 unspecified atom stereocenters. The highest BCUT2D eigenvalue weighted by atomic mass is 35.5. The number of ether oxygens (including phenoxy) is 2. The van der Waals surface area contributed by atoms with Crippen molar-refractivity contribution >= 4 is 29.6 Å². The highest BCUT2D eigenvalue weighted by Gasteiger charge is 2.15. The summed E-state index contributed by atoms with van der Waals surface area (Å²) in [5, 5.41) is 1.91. The Labute approximate surface area is 123 Å². The van der Waals surface area contributed by atoms with E-state index < -0.39 is 24.1 Å². The zero-order chi connectivity index (χ0) is 15.5. The topological polar surface area (TPSA) is 81.7 Å². The fraction of sp³-hybridized carbons (Fsp3) is 0.615. The van der Waals surface area contributed by atoms with E-state index in [1.807, 2.05) is 12.2 Å². The molecule has 0 aliphatic rings. The van der Waals surface area contributed by atoms with Gasteiger partial charge in [-0.2, -0.15) is 0 Å². The van der Waals surface area contributed by atoms with Crippen LogP contribution in [0.2, 0.25) is 0 Å². The number of hydrogen-bond donors (Lipinski definition) is 1. The molecule has 0 aliphatic heterocycles. The Kier molecular flexibility index (Phi) is 9.45. The summed E-state index contributed by atoms with van der Waals surface area (Å²) in [6.07, 6.45) is 0.795. The van der Waals surface area contributed by atoms with Crippen LogP contribution in [-0.2, 0) is 19.1 Å². The molecule has 1 atom stereocenters. The smallest absolute Gasteiger partial charge is 0.414 e. The van der Waals surface area contributed by atoms with Crippen LogP contribution >= 0.6 is 11.6 Å². The van der Waals surface area contributed by atoms with Crippen LogP contribution in [0.1, 0.15) is 33.1 Å². The largest absolute Gasteiger partial charge is 0.458 e. The molecule has 20 heavy (non-hydrogen) atoms. The molecular formula is C13H20ClNO5. The van der Waals surface area contributed by atoms with Gasteiger partial charge in [0.25, 0.3) is 0 Å². The lowest BCUT2D eigenvalue weighted by molar-refractivity contribution is -0.142. The second-order valence-electron chi connectivity index (χ2n) is 4.20. The van der Waals surface area contributed by atoms with Crippen LogP contribution in [0.25, 0.3) is 0 Å². The first-order valence-corrected chi connectivity index (χ1v) is 6.85. The van der Waals surface area contributed by atoms with Crippen LogP contribution in [-0.4, -0.2) is 36.6 Å². The van der Waals surface area contributed by atoms with Crippen molar-refractivity contribution in [2.24, 2.45) is 0 Å². The maximum Gasteiger partial charge on any atom is 0.414 e. The fourth-order valence-corrected chi connectivity index (χ4v) is 1.25. The van der Waals surface area contributed by atoms with Gasteiger partial charge in [0.1, 0.15) is 18.6 Å². The maximum absolute atomic E-state index is 11.5. The van der Waals surface area contributed by atoms with Crippen LogP contribution in [0.4, 0.5) is 4.79 Å². The summed E-state index contributed by atoms with van der Waals surface area (Å²) in [4.78, 5) is 33.5. The number of halogens is 1. The molecule has 0 aromatic rings. The number of unbranched alkanes of at least 4 members (excludes halogenated alkanes) is 1. The molecule has 0 radical (unpaired) electrons. The van der Waals surface area contributed by atoms with Crippen LogP contribution in [0, 0.1) is 0 Å². The van der Waals surface area contributed by atoms with Crippen LogP contribution < -0.4 is 5.32 Å². The molecule has 0 saturated carbocycles. The minimum absolute atomic E-state index is 0.105. The minimum atomic E-state index is -0.927. The number of rotatable bonds is 8. The van der Waals surface area contributed by atoms with E-state index in [9.17, 15) is 14.4 Å². The fourth-order valence-electron chi connectivity index (χ4n) is 1.18. The first-order chi connectivity index (χ1) is 9.40. The summed E-state index contributed by atoms with van der Waals surface area (Å²) in [5.41, 5.74) is 0.390. The molecule has 2 amide bonds. The SMILES string of the molecule is C=C(CCCC)C(=O)OCC(C)OC(=O)NC(=O)CCl. The van der Waals surface area contributed by atoms with E-state index >= 15 is 0 Å². The molecule has 0 spiro atoms. The normalized spacial score (nSPS) is 11.3. The molecular weight excluding hydrogens is 286 g/mol. The van der Waals surface area contributed by atoms with Crippen molar-refractivity contribution in [2.45, 2.75) is 39.2 Å². The molecule has 0 aromatic heterocycles. The van der Waals surface area contributed by atoms with Gasteiger partial charge in [0.05, 0.1) is 0 Å². The number of alkyl halides is 1. The number of imide groups is 1. The Bertz CT molecular complexity index is 370. The van der Waals surface area contributed by atoms with E-state index in [2.05, 4.69) is 6.58 Å². The first-order valence-electron chi connectivity index (χ1n) is 6.32. The maximum atomic E-state index is 11.5. The highest BCUT2D eigenvalue weighted by Crippen LogP contribution is 2.07. The van der Waals surface area contributed by atoms with Gasteiger partial charge in [0.2, 0.25) is 5.91 Å². The molecule has 0 aromatic carbocycles. The van der Waals surface area contributed by atoms with Gasteiger partial charge in [-0.05, 0) is 19.8 Å². The number of hydrogen-bond acceptors (Lipinski definition) is 5. The van der Waals surface area contributed by atoms with Gasteiger partial charge < -0.3 is 9.47 Å². The summed E-state index contributed by atoms with van der Waals surface area (Å²) in [7, 11) is 0. The van der Waals surface area contributed by atoms with E-state index in [0.717, 1.165) is 12.8 Å². The molecule has 0 rings (SSSR count). The van der Waals surface area contributed by atoms with Crippen molar-refractivity contribution < 1.29 is 23.9 Å². The van der Waals surface area contributed by atoms with Gasteiger partial charge in [-0.15, -0.1) is 11.6 Å². The van der Waals surface area contributed by atoms with E-state index in [-0.39, 0.29) is 12.5 Å². The Hall–Kier alpha value is -1.56. The summed E-state index contributed by atoms with van der Waals surface area (Å²) in [6.45, 7) is 7.07. The van der Waals surface area contributed by atoms with Crippen molar-refractivity contribution in [3.8, 4) is 0 Å². The molecule has 6 nitrogen and oxygen atoms in total. The van der Waals surface area contributed by atoms with Crippen LogP contribution in [0.15, 0.2) is 12.2 Å². The van der Waals surface area contributed by atoms with E-state index in [4.69, 9.17) is 21.1 Å². The predicted octanol–water partition coefficient (Wildman–Crippen LogP) is 2.16. The highest BCUT2D eigenvalue weighted by molar-refractivity contribution is 6.28. The number of amides is 2. The quantitative estimate of drug-likeness (QED) is 0.422. The third-order valence-electron chi connectivity index (χ3n) is 2.24. The summed E-state index contributed by atoms with van der Waals surface area (Å²) in [5.74, 6) is -1.50. The van der Waals surface area contributed by atoms with Crippen molar-refractivity contribution in [3.63, 3.8) is 0 Å². The van der Waals surface area contributed by atoms with Gasteiger partial charge >= 0.3 is 12.1 Å². The minimum Gasteiger partial charge on any atom is -0.458 e. The Morgan fingerprint density at radius 2 is 2.00 bits per heavy atom. The van der Waals surface area contributed by atoms with Gasteiger partial charge in [-0.3, -0.25) is 10.1 Å². The van der Waals surface area contributed by atoms with Crippen molar-refractivity contribution in [1.82, 2.24) is 5.32 Å². The zero-order valence-electron chi connectivity index (χ0n) is 11.7. The second kappa shape index (κ2) is 10.3. The third-order valence-corrected chi connectivity index (χ3v) is 2.48. The Morgan fingerprint density at radius 1 is 1.35 bits per heavy atom. The number of carbonyl (C=O) groups excluding carboxylic acids is 3. The monoisotopic (exact) mass is 305 g/mol. The zero-order valence-corrected chi connectivity index (χ0v) is 12.5. The molecule has 0 bridgehead atoms. The van der Waals surface area contributed by atoms with Crippen LogP contribution in [0.5, 0.6) is 0 Å².